The van der Waals surface area contributed by atoms with E-state index < -0.39 is 0 Å². The van der Waals surface area contributed by atoms with Gasteiger partial charge in [0.2, 0.25) is 0 Å². The zero-order chi connectivity index (χ0) is 11.3. The van der Waals surface area contributed by atoms with E-state index in [9.17, 15) is 0 Å². The molecule has 0 bridgehead atoms. The van der Waals surface area contributed by atoms with E-state index in [2.05, 4.69) is 65.8 Å². The Balaban J connectivity index is 2.78. The third-order valence-electron chi connectivity index (χ3n) is 2.66. The molecule has 0 aromatic carbocycles. The van der Waals surface area contributed by atoms with Crippen LogP contribution in [0.25, 0.3) is 0 Å². The van der Waals surface area contributed by atoms with Crippen molar-refractivity contribution in [2.45, 2.75) is 19.8 Å². The monoisotopic (exact) mass is 397 g/mol. The molecular formula is C11H14Br3N. The highest BCUT2D eigenvalue weighted by Gasteiger charge is 2.26. The van der Waals surface area contributed by atoms with Gasteiger partial charge in [0.05, 0.1) is 0 Å². The first-order valence-corrected chi connectivity index (χ1v) is 7.92. The Morgan fingerprint density at radius 1 is 1.27 bits per heavy atom. The van der Waals surface area contributed by atoms with Gasteiger partial charge in [0.15, 0.2) is 0 Å². The molecule has 0 fully saturated rings. The first kappa shape index (κ1) is 13.7. The second-order valence-electron chi connectivity index (χ2n) is 3.77. The first-order chi connectivity index (χ1) is 7.15. The Morgan fingerprint density at radius 2 is 1.93 bits per heavy atom. The highest BCUT2D eigenvalue weighted by Crippen LogP contribution is 2.31. The maximum absolute atomic E-state index is 4.42. The van der Waals surface area contributed by atoms with Crippen LogP contribution in [0.3, 0.4) is 0 Å². The third kappa shape index (κ3) is 3.82. The van der Waals surface area contributed by atoms with Gasteiger partial charge in [-0.05, 0) is 46.3 Å². The van der Waals surface area contributed by atoms with Crippen molar-refractivity contribution in [1.82, 2.24) is 4.98 Å². The van der Waals surface area contributed by atoms with Crippen LogP contribution >= 0.6 is 47.8 Å². The highest BCUT2D eigenvalue weighted by atomic mass is 79.9. The lowest BCUT2D eigenvalue weighted by Crippen LogP contribution is -2.27. The van der Waals surface area contributed by atoms with Crippen molar-refractivity contribution in [3.05, 3.63) is 28.5 Å². The number of halogens is 3. The van der Waals surface area contributed by atoms with E-state index in [1.54, 1.807) is 0 Å². The molecule has 4 heteroatoms. The molecule has 1 aromatic rings. The molecule has 84 valence electrons. The molecule has 0 aliphatic carbocycles. The Kier molecular flexibility index (Phi) is 5.79. The summed E-state index contributed by atoms with van der Waals surface area (Å²) in [4.78, 5) is 4.42. The molecule has 0 amide bonds. The lowest BCUT2D eigenvalue weighted by molar-refractivity contribution is 0.369. The second-order valence-corrected chi connectivity index (χ2v) is 5.80. The van der Waals surface area contributed by atoms with Crippen LogP contribution in [0, 0.1) is 5.41 Å². The van der Waals surface area contributed by atoms with Gasteiger partial charge in [0.1, 0.15) is 0 Å². The van der Waals surface area contributed by atoms with Crippen LogP contribution < -0.4 is 0 Å². The van der Waals surface area contributed by atoms with Gasteiger partial charge in [-0.3, -0.25) is 4.98 Å². The van der Waals surface area contributed by atoms with E-state index in [0.717, 1.165) is 33.7 Å². The summed E-state index contributed by atoms with van der Waals surface area (Å²) < 4.78 is 1.03. The molecule has 1 aromatic heterocycles. The Hall–Kier alpha value is 0.590. The molecule has 0 aliphatic rings. The van der Waals surface area contributed by atoms with Gasteiger partial charge in [0, 0.05) is 27.0 Å². The highest BCUT2D eigenvalue weighted by molar-refractivity contribution is 9.10. The lowest BCUT2D eigenvalue weighted by atomic mass is 9.85. The van der Waals surface area contributed by atoms with E-state index in [0.29, 0.717) is 0 Å². The largest absolute Gasteiger partial charge is 0.260 e. The number of pyridine rings is 1. The minimum Gasteiger partial charge on any atom is -0.260 e. The quantitative estimate of drug-likeness (QED) is 0.661. The maximum Gasteiger partial charge on any atom is 0.0413 e. The number of aromatic nitrogens is 1. The summed E-state index contributed by atoms with van der Waals surface area (Å²) in [5.74, 6) is 0. The minimum atomic E-state index is 0.279. The summed E-state index contributed by atoms with van der Waals surface area (Å²) in [7, 11) is 0. The van der Waals surface area contributed by atoms with Crippen molar-refractivity contribution >= 4 is 47.8 Å². The van der Waals surface area contributed by atoms with Crippen LogP contribution in [-0.2, 0) is 6.42 Å². The number of nitrogens with zero attached hydrogens (tertiary/aromatic N) is 1. The SMILES string of the molecule is CCC(CBr)(CBr)Cc1ccc(Br)cn1. The van der Waals surface area contributed by atoms with Gasteiger partial charge >= 0.3 is 0 Å². The Morgan fingerprint density at radius 3 is 2.33 bits per heavy atom. The topological polar surface area (TPSA) is 12.9 Å². The Labute approximate surface area is 116 Å². The molecule has 0 saturated heterocycles. The average Bonchev–Trinajstić information content (AvgIpc) is 2.29. The van der Waals surface area contributed by atoms with E-state index in [1.165, 1.54) is 0 Å². The normalized spacial score (nSPS) is 11.7. The zero-order valence-electron chi connectivity index (χ0n) is 8.64. The maximum atomic E-state index is 4.42. The van der Waals surface area contributed by atoms with Gasteiger partial charge in [0.25, 0.3) is 0 Å². The van der Waals surface area contributed by atoms with E-state index in [-0.39, 0.29) is 5.41 Å². The lowest BCUT2D eigenvalue weighted by Gasteiger charge is -2.28. The van der Waals surface area contributed by atoms with Crippen LogP contribution in [0.15, 0.2) is 22.8 Å². The second kappa shape index (κ2) is 6.36. The van der Waals surface area contributed by atoms with Crippen molar-refractivity contribution in [2.75, 3.05) is 10.7 Å². The fourth-order valence-electron chi connectivity index (χ4n) is 1.34. The van der Waals surface area contributed by atoms with Crippen LogP contribution in [0.5, 0.6) is 0 Å². The summed E-state index contributed by atoms with van der Waals surface area (Å²) in [5, 5.41) is 2.00. The molecule has 1 nitrogen and oxygen atoms in total. The van der Waals surface area contributed by atoms with Crippen molar-refractivity contribution < 1.29 is 0 Å². The fraction of sp³-hybridized carbons (Fsp3) is 0.545. The molecule has 1 rings (SSSR count). The van der Waals surface area contributed by atoms with Crippen LogP contribution in [-0.4, -0.2) is 15.6 Å². The fourth-order valence-corrected chi connectivity index (χ4v) is 3.69. The molecule has 0 radical (unpaired) electrons. The van der Waals surface area contributed by atoms with Crippen LogP contribution in [0.1, 0.15) is 19.0 Å². The molecule has 0 spiro atoms. The van der Waals surface area contributed by atoms with Crippen LogP contribution in [0.4, 0.5) is 0 Å². The molecule has 0 unspecified atom stereocenters. The van der Waals surface area contributed by atoms with Crippen molar-refractivity contribution in [3.63, 3.8) is 0 Å². The van der Waals surface area contributed by atoms with Gasteiger partial charge in [-0.2, -0.15) is 0 Å². The third-order valence-corrected chi connectivity index (χ3v) is 5.51. The predicted molar refractivity (Wildman–Crippen MR) is 76.0 cm³/mol. The molecule has 0 N–H and O–H groups in total. The summed E-state index contributed by atoms with van der Waals surface area (Å²) >= 11 is 10.6. The van der Waals surface area contributed by atoms with E-state index in [1.807, 2.05) is 12.3 Å². The van der Waals surface area contributed by atoms with E-state index >= 15 is 0 Å². The molecule has 0 saturated carbocycles. The molecule has 15 heavy (non-hydrogen) atoms. The molecule has 1 heterocycles. The summed E-state index contributed by atoms with van der Waals surface area (Å²) in [6, 6.07) is 4.13. The van der Waals surface area contributed by atoms with Crippen molar-refractivity contribution in [2.24, 2.45) is 5.41 Å². The molecular weight excluding hydrogens is 386 g/mol. The van der Waals surface area contributed by atoms with Crippen molar-refractivity contribution in [1.29, 1.82) is 0 Å². The Bertz CT molecular complexity index is 285. The number of alkyl halides is 2. The molecule has 0 atom stereocenters. The smallest absolute Gasteiger partial charge is 0.0413 e. The predicted octanol–water partition coefficient (Wildman–Crippen LogP) is 4.57. The number of hydrogen-bond acceptors (Lipinski definition) is 1. The summed E-state index contributed by atoms with van der Waals surface area (Å²) in [6.07, 6.45) is 4.01. The number of rotatable bonds is 5. The minimum absolute atomic E-state index is 0.279. The van der Waals surface area contributed by atoms with E-state index in [4.69, 9.17) is 0 Å². The number of hydrogen-bond donors (Lipinski definition) is 0. The first-order valence-electron chi connectivity index (χ1n) is 4.88. The van der Waals surface area contributed by atoms with Gasteiger partial charge < -0.3 is 0 Å². The van der Waals surface area contributed by atoms with Gasteiger partial charge in [-0.15, -0.1) is 0 Å². The summed E-state index contributed by atoms with van der Waals surface area (Å²) in [6.45, 7) is 2.22. The van der Waals surface area contributed by atoms with Crippen molar-refractivity contribution in [3.8, 4) is 0 Å². The van der Waals surface area contributed by atoms with Gasteiger partial charge in [-0.25, -0.2) is 0 Å². The zero-order valence-corrected chi connectivity index (χ0v) is 13.4. The van der Waals surface area contributed by atoms with Crippen LogP contribution in [0.2, 0.25) is 0 Å². The standard InChI is InChI=1S/C11H14Br3N/c1-2-11(7-12,8-13)5-10-4-3-9(14)6-15-10/h3-4,6H,2,5,7-8H2,1H3. The summed E-state index contributed by atoms with van der Waals surface area (Å²) in [5.41, 5.74) is 1.43. The molecule has 0 aliphatic heterocycles. The average molecular weight is 400 g/mol. The van der Waals surface area contributed by atoms with Gasteiger partial charge in [-0.1, -0.05) is 38.8 Å².